The zero-order valence-corrected chi connectivity index (χ0v) is 30.8. The Balaban J connectivity index is 5.63. The van der Waals surface area contributed by atoms with Crippen LogP contribution in [-0.2, 0) is 57.1 Å². The van der Waals surface area contributed by atoms with Crippen LogP contribution in [0, 0.1) is 0 Å². The Morgan fingerprint density at radius 1 is 0.417 bits per heavy atom. The predicted molar refractivity (Wildman–Crippen MR) is 179 cm³/mol. The maximum absolute atomic E-state index is 12.8. The molecule has 0 spiro atoms. The summed E-state index contributed by atoms with van der Waals surface area (Å²) in [7, 11) is 0. The van der Waals surface area contributed by atoms with E-state index in [1.165, 1.54) is 9.80 Å². The van der Waals surface area contributed by atoms with E-state index >= 15 is 0 Å². The molecule has 0 aliphatic heterocycles. The van der Waals surface area contributed by atoms with Gasteiger partial charge in [0.1, 0.15) is 0 Å². The molecule has 0 saturated carbocycles. The Hall–Kier alpha value is -2.36. The molecule has 0 aliphatic rings. The third-order valence-corrected chi connectivity index (χ3v) is 6.73. The van der Waals surface area contributed by atoms with Crippen molar-refractivity contribution in [3.63, 3.8) is 0 Å². The molecule has 48 heavy (non-hydrogen) atoms. The second-order valence-corrected chi connectivity index (χ2v) is 11.5. The van der Waals surface area contributed by atoms with E-state index in [4.69, 9.17) is 37.9 Å². The minimum atomic E-state index is -0.769. The number of carbonyl (C=O) groups is 4. The molecule has 0 bridgehead atoms. The second kappa shape index (κ2) is 29.5. The number of esters is 4. The first-order valence-corrected chi connectivity index (χ1v) is 17.6. The van der Waals surface area contributed by atoms with Gasteiger partial charge in [-0.3, -0.25) is 29.0 Å². The molecular weight excluding hydrogens is 628 g/mol. The molecule has 0 saturated heterocycles. The molecule has 4 atom stereocenters. The Morgan fingerprint density at radius 2 is 0.625 bits per heavy atom. The van der Waals surface area contributed by atoms with Crippen molar-refractivity contribution >= 4 is 23.9 Å². The number of hydrogen-bond donors (Lipinski definition) is 0. The second-order valence-electron chi connectivity index (χ2n) is 11.5. The van der Waals surface area contributed by atoms with Crippen molar-refractivity contribution in [3.8, 4) is 0 Å². The molecule has 0 aromatic carbocycles. The number of rotatable bonds is 31. The standard InChI is InChI=1S/C34H64N2O12/c1-9-13-19-41-27(5)45-31(37)23-35(24-32(38)46-28(6)42-20-14-10-2)17-18-36(25-33(39)47-29(7)43-21-15-11-3)26-34(40)48-30(8)44-22-16-12-4/h27-30H,9-26H2,1-8H3. The van der Waals surface area contributed by atoms with Crippen molar-refractivity contribution in [1.82, 2.24) is 9.80 Å². The average molecular weight is 693 g/mol. The highest BCUT2D eigenvalue weighted by molar-refractivity contribution is 5.76. The summed E-state index contributed by atoms with van der Waals surface area (Å²) in [6.45, 7) is 15.5. The first-order chi connectivity index (χ1) is 22.9. The van der Waals surface area contributed by atoms with Gasteiger partial charge in [0.2, 0.25) is 0 Å². The number of carbonyl (C=O) groups excluding carboxylic acids is 4. The van der Waals surface area contributed by atoms with Crippen LogP contribution in [0.5, 0.6) is 0 Å². The van der Waals surface area contributed by atoms with Crippen LogP contribution in [0.2, 0.25) is 0 Å². The number of ether oxygens (including phenoxy) is 8. The maximum Gasteiger partial charge on any atom is 0.322 e. The summed E-state index contributed by atoms with van der Waals surface area (Å²) in [5.74, 6) is -2.44. The van der Waals surface area contributed by atoms with Crippen LogP contribution in [0.25, 0.3) is 0 Å². The highest BCUT2D eigenvalue weighted by Crippen LogP contribution is 2.06. The SMILES string of the molecule is CCCCOC(C)OC(=O)CN(CCN(CC(=O)OC(C)OCCCC)CC(=O)OC(C)OCCCC)CC(=O)OC(C)OCCCC. The van der Waals surface area contributed by atoms with Gasteiger partial charge in [-0.15, -0.1) is 0 Å². The van der Waals surface area contributed by atoms with Gasteiger partial charge in [0.15, 0.2) is 25.2 Å². The molecule has 14 nitrogen and oxygen atoms in total. The summed E-state index contributed by atoms with van der Waals surface area (Å²) in [6, 6.07) is 0. The van der Waals surface area contributed by atoms with E-state index in [9.17, 15) is 19.2 Å². The third-order valence-electron chi connectivity index (χ3n) is 6.73. The highest BCUT2D eigenvalue weighted by Gasteiger charge is 2.24. The quantitative estimate of drug-likeness (QED) is 0.0437. The first kappa shape index (κ1) is 45.6. The van der Waals surface area contributed by atoms with Crippen LogP contribution in [0.3, 0.4) is 0 Å². The summed E-state index contributed by atoms with van der Waals surface area (Å²) < 4.78 is 43.7. The van der Waals surface area contributed by atoms with E-state index < -0.39 is 49.0 Å². The van der Waals surface area contributed by atoms with Gasteiger partial charge in [-0.1, -0.05) is 53.4 Å². The smallest absolute Gasteiger partial charge is 0.322 e. The molecule has 0 heterocycles. The normalized spacial score (nSPS) is 14.0. The largest absolute Gasteiger partial charge is 0.435 e. The lowest BCUT2D eigenvalue weighted by molar-refractivity contribution is -0.183. The van der Waals surface area contributed by atoms with Crippen molar-refractivity contribution in [2.75, 3.05) is 65.7 Å². The third kappa shape index (κ3) is 26.6. The summed E-state index contributed by atoms with van der Waals surface area (Å²) in [5.41, 5.74) is 0. The van der Waals surface area contributed by atoms with Gasteiger partial charge in [-0.05, 0) is 53.4 Å². The van der Waals surface area contributed by atoms with Gasteiger partial charge >= 0.3 is 23.9 Å². The van der Waals surface area contributed by atoms with Gasteiger partial charge in [0, 0.05) is 13.1 Å². The Kier molecular flexibility index (Phi) is 28.1. The zero-order valence-electron chi connectivity index (χ0n) is 30.8. The molecule has 0 aromatic heterocycles. The van der Waals surface area contributed by atoms with Crippen molar-refractivity contribution in [2.24, 2.45) is 0 Å². The Bertz CT molecular complexity index is 730. The minimum absolute atomic E-state index is 0.0893. The molecule has 282 valence electrons. The van der Waals surface area contributed by atoms with E-state index in [1.807, 2.05) is 27.7 Å². The maximum atomic E-state index is 12.8. The first-order valence-electron chi connectivity index (χ1n) is 17.6. The molecule has 4 unspecified atom stereocenters. The molecular formula is C34H64N2O12. The van der Waals surface area contributed by atoms with E-state index in [0.717, 1.165) is 51.4 Å². The van der Waals surface area contributed by atoms with Crippen molar-refractivity contribution in [3.05, 3.63) is 0 Å². The summed E-state index contributed by atoms with van der Waals surface area (Å²) in [5, 5.41) is 0. The molecule has 0 aliphatic carbocycles. The van der Waals surface area contributed by atoms with Crippen molar-refractivity contribution in [1.29, 1.82) is 0 Å². The molecule has 0 fully saturated rings. The van der Waals surface area contributed by atoms with Crippen LogP contribution in [-0.4, -0.2) is 125 Å². The van der Waals surface area contributed by atoms with E-state index in [1.54, 1.807) is 27.7 Å². The monoisotopic (exact) mass is 692 g/mol. The van der Waals surface area contributed by atoms with Gasteiger partial charge in [-0.25, -0.2) is 0 Å². The van der Waals surface area contributed by atoms with Crippen molar-refractivity contribution < 1.29 is 57.1 Å². The van der Waals surface area contributed by atoms with E-state index in [-0.39, 0.29) is 39.3 Å². The minimum Gasteiger partial charge on any atom is -0.435 e. The summed E-state index contributed by atoms with van der Waals surface area (Å²) >= 11 is 0. The van der Waals surface area contributed by atoms with Gasteiger partial charge < -0.3 is 37.9 Å². The topological polar surface area (TPSA) is 149 Å². The van der Waals surface area contributed by atoms with Gasteiger partial charge in [-0.2, -0.15) is 0 Å². The molecule has 0 amide bonds. The zero-order chi connectivity index (χ0) is 36.2. The fourth-order valence-corrected chi connectivity index (χ4v) is 4.04. The number of hydrogen-bond acceptors (Lipinski definition) is 14. The Labute approximate surface area is 288 Å². The van der Waals surface area contributed by atoms with E-state index in [2.05, 4.69) is 0 Å². The fraction of sp³-hybridized carbons (Fsp3) is 0.882. The lowest BCUT2D eigenvalue weighted by atomic mass is 10.3. The lowest BCUT2D eigenvalue weighted by Crippen LogP contribution is -2.45. The molecule has 14 heteroatoms. The van der Waals surface area contributed by atoms with Crippen LogP contribution < -0.4 is 0 Å². The van der Waals surface area contributed by atoms with Crippen LogP contribution >= 0.6 is 0 Å². The Morgan fingerprint density at radius 3 is 0.812 bits per heavy atom. The molecule has 0 aromatic rings. The lowest BCUT2D eigenvalue weighted by Gasteiger charge is -2.27. The predicted octanol–water partition coefficient (Wildman–Crippen LogP) is 4.41. The fourth-order valence-electron chi connectivity index (χ4n) is 4.04. The van der Waals surface area contributed by atoms with Gasteiger partial charge in [0.25, 0.3) is 0 Å². The van der Waals surface area contributed by atoms with E-state index in [0.29, 0.717) is 26.4 Å². The molecule has 0 radical (unpaired) electrons. The van der Waals surface area contributed by atoms with Crippen LogP contribution in [0.15, 0.2) is 0 Å². The van der Waals surface area contributed by atoms with Gasteiger partial charge in [0.05, 0.1) is 52.6 Å². The summed E-state index contributed by atoms with van der Waals surface area (Å²) in [4.78, 5) is 54.3. The van der Waals surface area contributed by atoms with Crippen LogP contribution in [0.1, 0.15) is 107 Å². The van der Waals surface area contributed by atoms with Crippen LogP contribution in [0.4, 0.5) is 0 Å². The average Bonchev–Trinajstić information content (AvgIpc) is 3.00. The molecule has 0 rings (SSSR count). The highest BCUT2D eigenvalue weighted by atomic mass is 16.7. The van der Waals surface area contributed by atoms with Crippen molar-refractivity contribution in [2.45, 2.75) is 132 Å². The number of unbranched alkanes of at least 4 members (excludes halogenated alkanes) is 4. The molecule has 0 N–H and O–H groups in total. The number of nitrogens with zero attached hydrogens (tertiary/aromatic N) is 2. The summed E-state index contributed by atoms with van der Waals surface area (Å²) in [6.07, 6.45) is 3.96.